The van der Waals surface area contributed by atoms with Gasteiger partial charge in [-0.25, -0.2) is 0 Å². The first-order valence-electron chi connectivity index (χ1n) is 5.57. The Labute approximate surface area is 110 Å². The maximum Gasteiger partial charge on any atom is 0.261 e. The lowest BCUT2D eigenvalue weighted by molar-refractivity contribution is 0.102. The minimum atomic E-state index is -0.366. The minimum Gasteiger partial charge on any atom is -0.493 e. The maximum atomic E-state index is 12.1. The van der Waals surface area contributed by atoms with Gasteiger partial charge in [0.1, 0.15) is 5.82 Å². The predicted octanol–water partition coefficient (Wildman–Crippen LogP) is 1.38. The van der Waals surface area contributed by atoms with Gasteiger partial charge in [-0.05, 0) is 19.1 Å². The highest BCUT2D eigenvalue weighted by molar-refractivity contribution is 6.05. The number of carbonyl (C=O) groups is 1. The van der Waals surface area contributed by atoms with Gasteiger partial charge < -0.3 is 9.47 Å². The number of aromatic amines is 1. The SMILES string of the molecule is COc1cccc(C(=O)Nc2n[nH]c(C)n2)c1OC. The third-order valence-corrected chi connectivity index (χ3v) is 2.47. The molecular formula is C12H14N4O3. The van der Waals surface area contributed by atoms with Crippen molar-refractivity contribution >= 4 is 11.9 Å². The van der Waals surface area contributed by atoms with E-state index in [0.717, 1.165) is 0 Å². The molecule has 2 rings (SSSR count). The number of anilines is 1. The molecule has 0 saturated carbocycles. The van der Waals surface area contributed by atoms with Crippen molar-refractivity contribution in [1.29, 1.82) is 0 Å². The summed E-state index contributed by atoms with van der Waals surface area (Å²) in [5.74, 6) is 1.33. The van der Waals surface area contributed by atoms with Crippen molar-refractivity contribution < 1.29 is 14.3 Å². The summed E-state index contributed by atoms with van der Waals surface area (Å²) < 4.78 is 10.3. The van der Waals surface area contributed by atoms with E-state index in [2.05, 4.69) is 20.5 Å². The van der Waals surface area contributed by atoms with E-state index in [1.54, 1.807) is 25.1 Å². The Morgan fingerprint density at radius 1 is 1.32 bits per heavy atom. The highest BCUT2D eigenvalue weighted by Crippen LogP contribution is 2.30. The van der Waals surface area contributed by atoms with E-state index in [-0.39, 0.29) is 11.9 Å². The van der Waals surface area contributed by atoms with Gasteiger partial charge in [0.05, 0.1) is 19.8 Å². The van der Waals surface area contributed by atoms with E-state index in [1.807, 2.05) is 0 Å². The number of rotatable bonds is 4. The number of hydrogen-bond acceptors (Lipinski definition) is 5. The summed E-state index contributed by atoms with van der Waals surface area (Å²) in [6.07, 6.45) is 0. The van der Waals surface area contributed by atoms with Crippen molar-refractivity contribution in [2.24, 2.45) is 0 Å². The van der Waals surface area contributed by atoms with Crippen LogP contribution in [-0.4, -0.2) is 35.3 Å². The second-order valence-corrected chi connectivity index (χ2v) is 3.74. The molecule has 1 heterocycles. The molecule has 1 aromatic carbocycles. The number of para-hydroxylation sites is 1. The van der Waals surface area contributed by atoms with Crippen LogP contribution in [0, 0.1) is 6.92 Å². The Hall–Kier alpha value is -2.57. The first-order valence-corrected chi connectivity index (χ1v) is 5.57. The summed E-state index contributed by atoms with van der Waals surface area (Å²) in [5.41, 5.74) is 0.351. The monoisotopic (exact) mass is 262 g/mol. The molecule has 0 unspecified atom stereocenters. The molecule has 7 nitrogen and oxygen atoms in total. The predicted molar refractivity (Wildman–Crippen MR) is 68.6 cm³/mol. The first-order chi connectivity index (χ1) is 9.15. The van der Waals surface area contributed by atoms with E-state index in [9.17, 15) is 4.79 Å². The van der Waals surface area contributed by atoms with Crippen LogP contribution in [0.4, 0.5) is 5.95 Å². The van der Waals surface area contributed by atoms with Gasteiger partial charge in [-0.2, -0.15) is 4.98 Å². The van der Waals surface area contributed by atoms with Crippen LogP contribution in [0.25, 0.3) is 0 Å². The van der Waals surface area contributed by atoms with Gasteiger partial charge in [-0.3, -0.25) is 15.2 Å². The lowest BCUT2D eigenvalue weighted by Crippen LogP contribution is -2.14. The number of benzene rings is 1. The molecule has 100 valence electrons. The third kappa shape index (κ3) is 2.65. The van der Waals surface area contributed by atoms with Crippen molar-refractivity contribution in [3.05, 3.63) is 29.6 Å². The second-order valence-electron chi connectivity index (χ2n) is 3.74. The van der Waals surface area contributed by atoms with Crippen molar-refractivity contribution in [1.82, 2.24) is 15.2 Å². The zero-order chi connectivity index (χ0) is 13.8. The average Bonchev–Trinajstić information content (AvgIpc) is 2.82. The molecule has 2 N–H and O–H groups in total. The molecule has 7 heteroatoms. The topological polar surface area (TPSA) is 89.1 Å². The zero-order valence-corrected chi connectivity index (χ0v) is 10.9. The molecule has 0 aliphatic rings. The van der Waals surface area contributed by atoms with Gasteiger partial charge in [0.25, 0.3) is 5.91 Å². The van der Waals surface area contributed by atoms with Crippen LogP contribution in [0.3, 0.4) is 0 Å². The quantitative estimate of drug-likeness (QED) is 0.869. The Kier molecular flexibility index (Phi) is 3.65. The minimum absolute atomic E-state index is 0.215. The van der Waals surface area contributed by atoms with Crippen LogP contribution >= 0.6 is 0 Å². The molecule has 0 bridgehead atoms. The number of nitrogens with one attached hydrogen (secondary N) is 2. The lowest BCUT2D eigenvalue weighted by atomic mass is 10.1. The van der Waals surface area contributed by atoms with E-state index < -0.39 is 0 Å². The van der Waals surface area contributed by atoms with E-state index in [1.165, 1.54) is 14.2 Å². The number of methoxy groups -OCH3 is 2. The van der Waals surface area contributed by atoms with Gasteiger partial charge in [-0.15, -0.1) is 5.10 Å². The molecule has 1 aromatic heterocycles. The fourth-order valence-electron chi connectivity index (χ4n) is 1.63. The smallest absolute Gasteiger partial charge is 0.261 e. The maximum absolute atomic E-state index is 12.1. The molecule has 0 saturated heterocycles. The van der Waals surface area contributed by atoms with Crippen molar-refractivity contribution in [3.8, 4) is 11.5 Å². The van der Waals surface area contributed by atoms with Crippen LogP contribution in [0.15, 0.2) is 18.2 Å². The summed E-state index contributed by atoms with van der Waals surface area (Å²) in [6, 6.07) is 5.06. The number of ether oxygens (including phenoxy) is 2. The molecule has 0 fully saturated rings. The van der Waals surface area contributed by atoms with Crippen LogP contribution in [-0.2, 0) is 0 Å². The van der Waals surface area contributed by atoms with Crippen LogP contribution < -0.4 is 14.8 Å². The molecule has 0 atom stereocenters. The van der Waals surface area contributed by atoms with Crippen molar-refractivity contribution in [2.75, 3.05) is 19.5 Å². The summed E-state index contributed by atoms with van der Waals surface area (Å²) >= 11 is 0. The molecule has 19 heavy (non-hydrogen) atoms. The molecule has 0 radical (unpaired) electrons. The fourth-order valence-corrected chi connectivity index (χ4v) is 1.63. The van der Waals surface area contributed by atoms with Gasteiger partial charge in [-0.1, -0.05) is 6.07 Å². The van der Waals surface area contributed by atoms with Crippen LogP contribution in [0.2, 0.25) is 0 Å². The third-order valence-electron chi connectivity index (χ3n) is 2.47. The molecule has 2 aromatic rings. The van der Waals surface area contributed by atoms with Gasteiger partial charge in [0, 0.05) is 0 Å². The number of aryl methyl sites for hydroxylation is 1. The number of carbonyl (C=O) groups excluding carboxylic acids is 1. The molecule has 0 aliphatic heterocycles. The van der Waals surface area contributed by atoms with Gasteiger partial charge >= 0.3 is 0 Å². The van der Waals surface area contributed by atoms with Crippen LogP contribution in [0.5, 0.6) is 11.5 Å². The number of aromatic nitrogens is 3. The van der Waals surface area contributed by atoms with Gasteiger partial charge in [0.15, 0.2) is 11.5 Å². The van der Waals surface area contributed by atoms with Crippen LogP contribution in [0.1, 0.15) is 16.2 Å². The van der Waals surface area contributed by atoms with Crippen molar-refractivity contribution in [2.45, 2.75) is 6.92 Å². The molecule has 0 spiro atoms. The summed E-state index contributed by atoms with van der Waals surface area (Å²) in [5, 5.41) is 9.06. The Balaban J connectivity index is 2.28. The molecule has 1 amide bonds. The van der Waals surface area contributed by atoms with E-state index >= 15 is 0 Å². The highest BCUT2D eigenvalue weighted by Gasteiger charge is 2.17. The highest BCUT2D eigenvalue weighted by atomic mass is 16.5. The summed E-state index contributed by atoms with van der Waals surface area (Å²) in [6.45, 7) is 1.74. The zero-order valence-electron chi connectivity index (χ0n) is 10.9. The molecular weight excluding hydrogens is 248 g/mol. The van der Waals surface area contributed by atoms with E-state index in [4.69, 9.17) is 9.47 Å². The standard InChI is InChI=1S/C12H14N4O3/c1-7-13-12(16-15-7)14-11(17)8-5-4-6-9(18-2)10(8)19-3/h4-6H,1-3H3,(H2,13,14,15,16,17). The Morgan fingerprint density at radius 2 is 2.11 bits per heavy atom. The summed E-state index contributed by atoms with van der Waals surface area (Å²) in [4.78, 5) is 16.1. The largest absolute Gasteiger partial charge is 0.493 e. The second kappa shape index (κ2) is 5.38. The lowest BCUT2D eigenvalue weighted by Gasteiger charge is -2.11. The number of nitrogens with zero attached hydrogens (tertiary/aromatic N) is 2. The average molecular weight is 262 g/mol. The van der Waals surface area contributed by atoms with Gasteiger partial charge in [0.2, 0.25) is 5.95 Å². The fraction of sp³-hybridized carbons (Fsp3) is 0.250. The Bertz CT molecular complexity index is 594. The van der Waals surface area contributed by atoms with Crippen molar-refractivity contribution in [3.63, 3.8) is 0 Å². The summed E-state index contributed by atoms with van der Waals surface area (Å²) in [7, 11) is 2.99. The Morgan fingerprint density at radius 3 is 2.68 bits per heavy atom. The first kappa shape index (κ1) is 12.9. The number of H-pyrrole nitrogens is 1. The number of amides is 1. The normalized spacial score (nSPS) is 10.1. The number of hydrogen-bond donors (Lipinski definition) is 2. The molecule has 0 aliphatic carbocycles. The van der Waals surface area contributed by atoms with E-state index in [0.29, 0.717) is 22.9 Å².